The second-order valence-corrected chi connectivity index (χ2v) is 9.31. The van der Waals surface area contributed by atoms with Crippen molar-refractivity contribution in [1.29, 1.82) is 0 Å². The van der Waals surface area contributed by atoms with Crippen LogP contribution in [0.4, 0.5) is 22.7 Å². The van der Waals surface area contributed by atoms with Crippen LogP contribution in [0.15, 0.2) is 64.8 Å². The number of methoxy groups -OCH3 is 3. The van der Waals surface area contributed by atoms with Crippen molar-refractivity contribution in [3.63, 3.8) is 0 Å². The number of amides is 1. The number of ether oxygens (including phenoxy) is 3. The number of anilines is 3. The van der Waals surface area contributed by atoms with E-state index in [1.807, 2.05) is 0 Å². The molecule has 14 heteroatoms. The van der Waals surface area contributed by atoms with Crippen LogP contribution in [-0.4, -0.2) is 52.9 Å². The van der Waals surface area contributed by atoms with Crippen LogP contribution >= 0.6 is 11.6 Å². The number of hydrogen-bond acceptors (Lipinski definition) is 9. The summed E-state index contributed by atoms with van der Waals surface area (Å²) in [5.74, 6) is -0.803. The van der Waals surface area contributed by atoms with Gasteiger partial charge in [0.05, 0.1) is 50.0 Å². The lowest BCUT2D eigenvalue weighted by Crippen LogP contribution is -2.32. The molecule has 0 aliphatic heterocycles. The number of ketones is 1. The standard InChI is InChI=1S/C26H27ClN4O8S/c1-15(33)25(26(34)28-19-12-22(37-2)18(27)11-23(19)38-3)30-29-20-10-16(14-32)21(13-24(20)39-4)31(40(35)36)17-8-6-5-7-9-17/h5-13,25,32H,14H2,1-4H3,(H,28,34)(H,35,36). The number of hydrogen-bond donors (Lipinski definition) is 3. The van der Waals surface area contributed by atoms with E-state index in [0.717, 1.165) is 4.31 Å². The molecule has 0 saturated heterocycles. The summed E-state index contributed by atoms with van der Waals surface area (Å²) in [5.41, 5.74) is 1.03. The molecule has 3 N–H and O–H groups in total. The Bertz CT molecular complexity index is 1440. The summed E-state index contributed by atoms with van der Waals surface area (Å²) in [5, 5.41) is 20.9. The number of azo groups is 1. The van der Waals surface area contributed by atoms with Gasteiger partial charge in [0, 0.05) is 23.8 Å². The van der Waals surface area contributed by atoms with Gasteiger partial charge >= 0.3 is 0 Å². The van der Waals surface area contributed by atoms with Crippen LogP contribution in [0.1, 0.15) is 12.5 Å². The third-order valence-electron chi connectivity index (χ3n) is 5.56. The van der Waals surface area contributed by atoms with Crippen molar-refractivity contribution < 1.29 is 37.7 Å². The highest BCUT2D eigenvalue weighted by Crippen LogP contribution is 2.39. The molecule has 0 saturated carbocycles. The maximum Gasteiger partial charge on any atom is 0.266 e. The highest BCUT2D eigenvalue weighted by Gasteiger charge is 2.26. The Hall–Kier alpha value is -4.04. The molecule has 0 radical (unpaired) electrons. The predicted octanol–water partition coefficient (Wildman–Crippen LogP) is 4.81. The third-order valence-corrected chi connectivity index (χ3v) is 6.58. The molecule has 2 atom stereocenters. The van der Waals surface area contributed by atoms with E-state index in [2.05, 4.69) is 15.5 Å². The first-order valence-electron chi connectivity index (χ1n) is 11.6. The molecule has 3 aromatic rings. The Balaban J connectivity index is 1.98. The van der Waals surface area contributed by atoms with Gasteiger partial charge in [0.25, 0.3) is 17.2 Å². The molecule has 0 aliphatic carbocycles. The van der Waals surface area contributed by atoms with Crippen molar-refractivity contribution in [3.05, 3.63) is 65.2 Å². The number of carbonyl (C=O) groups excluding carboxylic acids is 2. The molecule has 0 spiro atoms. The Kier molecular flexibility index (Phi) is 10.6. The van der Waals surface area contributed by atoms with Crippen LogP contribution in [0.3, 0.4) is 0 Å². The number of benzene rings is 3. The summed E-state index contributed by atoms with van der Waals surface area (Å²) >= 11 is 3.62. The molecule has 1 amide bonds. The van der Waals surface area contributed by atoms with E-state index in [9.17, 15) is 23.5 Å². The summed E-state index contributed by atoms with van der Waals surface area (Å²) in [6.45, 7) is 0.647. The lowest BCUT2D eigenvalue weighted by Gasteiger charge is -2.23. The number of halogens is 1. The molecule has 0 bridgehead atoms. The van der Waals surface area contributed by atoms with Gasteiger partial charge in [-0.25, -0.2) is 8.51 Å². The Labute approximate surface area is 237 Å². The first kappa shape index (κ1) is 30.5. The highest BCUT2D eigenvalue weighted by atomic mass is 35.5. The number of carbonyl (C=O) groups is 2. The molecule has 12 nitrogen and oxygen atoms in total. The zero-order valence-electron chi connectivity index (χ0n) is 22.0. The molecular weight excluding hydrogens is 564 g/mol. The number of nitrogens with zero attached hydrogens (tertiary/aromatic N) is 3. The molecule has 3 rings (SSSR count). The second-order valence-electron chi connectivity index (χ2n) is 8.08. The molecule has 40 heavy (non-hydrogen) atoms. The van der Waals surface area contributed by atoms with Crippen LogP contribution in [0.2, 0.25) is 5.02 Å². The fourth-order valence-corrected chi connectivity index (χ4v) is 4.50. The maximum atomic E-state index is 13.0. The van der Waals surface area contributed by atoms with Crippen LogP contribution in [-0.2, 0) is 27.5 Å². The summed E-state index contributed by atoms with van der Waals surface area (Å²) < 4.78 is 39.2. The van der Waals surface area contributed by atoms with Crippen LogP contribution < -0.4 is 23.8 Å². The number of Topliss-reactive ketones (excluding diaryl/α,β-unsaturated/α-hetero) is 1. The molecule has 0 aliphatic rings. The van der Waals surface area contributed by atoms with Gasteiger partial charge in [-0.05, 0) is 25.1 Å². The van der Waals surface area contributed by atoms with Crippen molar-refractivity contribution in [2.24, 2.45) is 10.2 Å². The number of aliphatic hydroxyl groups excluding tert-OH is 1. The zero-order valence-corrected chi connectivity index (χ0v) is 23.5. The molecule has 3 aromatic carbocycles. The average Bonchev–Trinajstić information content (AvgIpc) is 2.94. The van der Waals surface area contributed by atoms with E-state index in [0.29, 0.717) is 5.69 Å². The van der Waals surface area contributed by atoms with Gasteiger partial charge in [-0.15, -0.1) is 0 Å². The van der Waals surface area contributed by atoms with Crippen molar-refractivity contribution in [2.75, 3.05) is 31.0 Å². The van der Waals surface area contributed by atoms with Gasteiger partial charge in [0.2, 0.25) is 6.04 Å². The molecule has 0 fully saturated rings. The van der Waals surface area contributed by atoms with Crippen LogP contribution in [0.5, 0.6) is 17.2 Å². The summed E-state index contributed by atoms with van der Waals surface area (Å²) in [4.78, 5) is 25.4. The summed E-state index contributed by atoms with van der Waals surface area (Å²) in [7, 11) is 4.13. The number of para-hydroxylation sites is 1. The molecular formula is C26H27ClN4O8S. The zero-order chi connectivity index (χ0) is 29.4. The van der Waals surface area contributed by atoms with Gasteiger partial charge in [0.1, 0.15) is 22.9 Å². The fraction of sp³-hybridized carbons (Fsp3) is 0.231. The minimum absolute atomic E-state index is 0.0665. The van der Waals surface area contributed by atoms with Gasteiger partial charge < -0.3 is 24.6 Å². The largest absolute Gasteiger partial charge is 0.495 e. The van der Waals surface area contributed by atoms with Crippen molar-refractivity contribution in [1.82, 2.24) is 0 Å². The van der Waals surface area contributed by atoms with E-state index in [4.69, 9.17) is 25.8 Å². The Morgan fingerprint density at radius 1 is 1.02 bits per heavy atom. The molecule has 0 heterocycles. The van der Waals surface area contributed by atoms with Crippen LogP contribution in [0.25, 0.3) is 0 Å². The Morgan fingerprint density at radius 3 is 2.23 bits per heavy atom. The Morgan fingerprint density at radius 2 is 1.68 bits per heavy atom. The van der Waals surface area contributed by atoms with E-state index < -0.39 is 35.6 Å². The van der Waals surface area contributed by atoms with Gasteiger partial charge in [-0.3, -0.25) is 14.1 Å². The minimum atomic E-state index is -2.50. The van der Waals surface area contributed by atoms with Gasteiger partial charge in [0.15, 0.2) is 5.78 Å². The van der Waals surface area contributed by atoms with Crippen molar-refractivity contribution >= 4 is 57.3 Å². The number of aliphatic hydroxyl groups is 1. The summed E-state index contributed by atoms with van der Waals surface area (Å²) in [6.07, 6.45) is 0. The molecule has 0 aromatic heterocycles. The lowest BCUT2D eigenvalue weighted by atomic mass is 10.1. The molecule has 2 unspecified atom stereocenters. The van der Waals surface area contributed by atoms with E-state index in [1.54, 1.807) is 30.3 Å². The quantitative estimate of drug-likeness (QED) is 0.154. The monoisotopic (exact) mass is 590 g/mol. The third kappa shape index (κ3) is 6.93. The minimum Gasteiger partial charge on any atom is -0.495 e. The van der Waals surface area contributed by atoms with Crippen molar-refractivity contribution in [2.45, 2.75) is 19.6 Å². The van der Waals surface area contributed by atoms with Gasteiger partial charge in [-0.1, -0.05) is 29.8 Å². The predicted molar refractivity (Wildman–Crippen MR) is 150 cm³/mol. The first-order chi connectivity index (χ1) is 19.1. The average molecular weight is 591 g/mol. The molecule has 212 valence electrons. The van der Waals surface area contributed by atoms with Crippen LogP contribution in [0, 0.1) is 0 Å². The topological polar surface area (TPSA) is 159 Å². The van der Waals surface area contributed by atoms with Gasteiger partial charge in [-0.2, -0.15) is 10.2 Å². The SMILES string of the molecule is COc1cc(NC(=O)C(N=Nc2cc(CO)c(N(c3ccccc3)S(=O)O)cc2OC)C(C)=O)c(OC)cc1Cl. The van der Waals surface area contributed by atoms with E-state index >= 15 is 0 Å². The fourth-order valence-electron chi connectivity index (χ4n) is 3.63. The summed E-state index contributed by atoms with van der Waals surface area (Å²) in [6, 6.07) is 12.5. The second kappa shape index (κ2) is 13.8. The smallest absolute Gasteiger partial charge is 0.266 e. The highest BCUT2D eigenvalue weighted by molar-refractivity contribution is 7.81. The maximum absolute atomic E-state index is 13.0. The first-order valence-corrected chi connectivity index (χ1v) is 13.0. The number of nitrogens with one attached hydrogen (secondary N) is 1. The van der Waals surface area contributed by atoms with E-state index in [-0.39, 0.29) is 44.9 Å². The van der Waals surface area contributed by atoms with Crippen molar-refractivity contribution in [3.8, 4) is 17.2 Å². The lowest BCUT2D eigenvalue weighted by molar-refractivity contribution is -0.126. The van der Waals surface area contributed by atoms with E-state index in [1.165, 1.54) is 52.5 Å². The normalized spacial score (nSPS) is 12.5. The number of rotatable bonds is 12.